The molecule has 0 amide bonds. The number of aromatic nitrogens is 3. The molecule has 2 aromatic heterocycles. The monoisotopic (exact) mass is 282 g/mol. The summed E-state index contributed by atoms with van der Waals surface area (Å²) >= 11 is 0. The zero-order valence-electron chi connectivity index (χ0n) is 11.0. The zero-order chi connectivity index (χ0) is 14.4. The van der Waals surface area contributed by atoms with Crippen LogP contribution in [0.5, 0.6) is 0 Å². The number of nitrogens with one attached hydrogen (secondary N) is 4. The van der Waals surface area contributed by atoms with Gasteiger partial charge in [0.1, 0.15) is 11.7 Å². The third kappa shape index (κ3) is 1.89. The van der Waals surface area contributed by atoms with Crippen LogP contribution in [0.1, 0.15) is 5.56 Å². The fraction of sp³-hybridized carbons (Fsp3) is 0.0769. The summed E-state index contributed by atoms with van der Waals surface area (Å²) < 4.78 is 0. The van der Waals surface area contributed by atoms with Crippen LogP contribution in [0.25, 0.3) is 10.9 Å². The van der Waals surface area contributed by atoms with Crippen molar-refractivity contribution in [2.45, 2.75) is 5.91 Å². The molecule has 1 aliphatic heterocycles. The molecule has 3 heterocycles. The summed E-state index contributed by atoms with van der Waals surface area (Å²) in [6.45, 7) is 0. The lowest BCUT2D eigenvalue weighted by molar-refractivity contribution is 0.577. The van der Waals surface area contributed by atoms with Gasteiger partial charge in [-0.2, -0.15) is 5.10 Å². The highest BCUT2D eigenvalue weighted by Gasteiger charge is 2.30. The average Bonchev–Trinajstić information content (AvgIpc) is 3.05. The minimum Gasteiger partial charge on any atom is -0.383 e. The van der Waals surface area contributed by atoms with Crippen molar-refractivity contribution in [3.05, 3.63) is 42.2 Å². The number of amidine groups is 1. The summed E-state index contributed by atoms with van der Waals surface area (Å²) in [5, 5.41) is 14.2. The van der Waals surface area contributed by atoms with Crippen molar-refractivity contribution in [1.82, 2.24) is 15.2 Å². The first-order valence-electron chi connectivity index (χ1n) is 6.44. The number of H-pyrrole nitrogens is 2. The molecule has 21 heavy (non-hydrogen) atoms. The van der Waals surface area contributed by atoms with Gasteiger partial charge in [0.05, 0.1) is 17.3 Å². The van der Waals surface area contributed by atoms with Crippen LogP contribution in [-0.2, 0) is 0 Å². The Morgan fingerprint density at radius 3 is 3.05 bits per heavy atom. The molecule has 1 aliphatic rings. The molecular formula is C13H14N8. The van der Waals surface area contributed by atoms with E-state index in [1.165, 1.54) is 0 Å². The molecule has 8 heteroatoms. The van der Waals surface area contributed by atoms with Crippen LogP contribution in [0.15, 0.2) is 41.7 Å². The molecule has 0 radical (unpaired) electrons. The average molecular weight is 282 g/mol. The Hall–Kier alpha value is -3.00. The summed E-state index contributed by atoms with van der Waals surface area (Å²) in [5.74, 6) is -0.0990. The Morgan fingerprint density at radius 1 is 1.24 bits per heavy atom. The summed E-state index contributed by atoms with van der Waals surface area (Å²) in [6, 6.07) is 7.61. The predicted molar refractivity (Wildman–Crippen MR) is 81.8 cm³/mol. The van der Waals surface area contributed by atoms with Crippen molar-refractivity contribution >= 4 is 28.2 Å². The molecule has 106 valence electrons. The number of benzene rings is 1. The molecule has 1 atom stereocenters. The van der Waals surface area contributed by atoms with Crippen LogP contribution >= 0.6 is 0 Å². The van der Waals surface area contributed by atoms with Gasteiger partial charge in [0.25, 0.3) is 5.91 Å². The van der Waals surface area contributed by atoms with Crippen LogP contribution < -0.4 is 22.1 Å². The van der Waals surface area contributed by atoms with Crippen LogP contribution in [0, 0.1) is 0 Å². The number of aromatic amines is 2. The van der Waals surface area contributed by atoms with Gasteiger partial charge in [0, 0.05) is 17.3 Å². The van der Waals surface area contributed by atoms with Gasteiger partial charge in [0.15, 0.2) is 0 Å². The number of hydrogen-bond acceptors (Lipinski definition) is 6. The van der Waals surface area contributed by atoms with Crippen molar-refractivity contribution in [3.63, 3.8) is 0 Å². The summed E-state index contributed by atoms with van der Waals surface area (Å²) in [7, 11) is 0. The summed E-state index contributed by atoms with van der Waals surface area (Å²) in [4.78, 5) is 7.34. The SMILES string of the molecule is NC1=NC(N)(Nc2ccc3cn[nH]c3c2)Nc2[nH]ccc21. The molecule has 0 saturated carbocycles. The minimum atomic E-state index is -1.21. The van der Waals surface area contributed by atoms with Crippen LogP contribution in [0.3, 0.4) is 0 Å². The van der Waals surface area contributed by atoms with Gasteiger partial charge in [-0.15, -0.1) is 0 Å². The Morgan fingerprint density at radius 2 is 2.14 bits per heavy atom. The van der Waals surface area contributed by atoms with Crippen molar-refractivity contribution in [3.8, 4) is 0 Å². The largest absolute Gasteiger partial charge is 0.383 e. The second-order valence-corrected chi connectivity index (χ2v) is 4.95. The van der Waals surface area contributed by atoms with Gasteiger partial charge in [-0.25, -0.2) is 4.99 Å². The Balaban J connectivity index is 1.68. The fourth-order valence-corrected chi connectivity index (χ4v) is 2.45. The van der Waals surface area contributed by atoms with Crippen molar-refractivity contribution in [1.29, 1.82) is 0 Å². The molecule has 0 spiro atoms. The predicted octanol–water partition coefficient (Wildman–Crippen LogP) is 0.704. The van der Waals surface area contributed by atoms with Crippen LogP contribution in [0.4, 0.5) is 11.5 Å². The third-order valence-corrected chi connectivity index (χ3v) is 3.41. The molecule has 1 unspecified atom stereocenters. The standard InChI is InChI=1S/C13H14N8/c14-11-9-3-4-16-12(9)20-13(15,19-11)18-8-2-1-7-6-17-21-10(7)5-8/h1-6,16,18,20H,15H2,(H2,14,19)(H,17,21). The van der Waals surface area contributed by atoms with Crippen LogP contribution in [-0.4, -0.2) is 26.9 Å². The highest BCUT2D eigenvalue weighted by atomic mass is 15.4. The highest BCUT2D eigenvalue weighted by molar-refractivity contribution is 6.03. The number of nitrogens with two attached hydrogens (primary N) is 2. The summed E-state index contributed by atoms with van der Waals surface area (Å²) in [6.07, 6.45) is 3.54. The first-order chi connectivity index (χ1) is 10.1. The Labute approximate surface area is 119 Å². The van der Waals surface area contributed by atoms with Gasteiger partial charge in [-0.05, 0) is 24.3 Å². The normalized spacial score (nSPS) is 20.7. The Bertz CT molecular complexity index is 845. The number of hydrogen-bond donors (Lipinski definition) is 6. The van der Waals surface area contributed by atoms with Crippen LogP contribution in [0.2, 0.25) is 0 Å². The number of aliphatic imine (C=N–C) groups is 1. The minimum absolute atomic E-state index is 0.377. The lowest BCUT2D eigenvalue weighted by atomic mass is 10.2. The quantitative estimate of drug-likeness (QED) is 0.385. The van der Waals surface area contributed by atoms with Gasteiger partial charge < -0.3 is 21.4 Å². The second-order valence-electron chi connectivity index (χ2n) is 4.95. The maximum Gasteiger partial charge on any atom is 0.266 e. The molecule has 8 N–H and O–H groups in total. The molecule has 3 aromatic rings. The van der Waals surface area contributed by atoms with Gasteiger partial charge in [-0.3, -0.25) is 10.8 Å². The maximum absolute atomic E-state index is 6.24. The van der Waals surface area contributed by atoms with E-state index in [1.807, 2.05) is 24.3 Å². The van der Waals surface area contributed by atoms with E-state index in [0.29, 0.717) is 5.84 Å². The van der Waals surface area contributed by atoms with Crippen molar-refractivity contribution in [2.75, 3.05) is 10.6 Å². The maximum atomic E-state index is 6.24. The van der Waals surface area contributed by atoms with Crippen molar-refractivity contribution < 1.29 is 0 Å². The molecule has 0 aliphatic carbocycles. The first kappa shape index (κ1) is 11.8. The molecule has 0 bridgehead atoms. The lowest BCUT2D eigenvalue weighted by Gasteiger charge is -2.32. The van der Waals surface area contributed by atoms with E-state index < -0.39 is 5.91 Å². The van der Waals surface area contributed by atoms with E-state index in [9.17, 15) is 0 Å². The van der Waals surface area contributed by atoms with E-state index in [1.54, 1.807) is 12.4 Å². The van der Waals surface area contributed by atoms with E-state index in [2.05, 4.69) is 30.8 Å². The number of anilines is 2. The van der Waals surface area contributed by atoms with Gasteiger partial charge in [-0.1, -0.05) is 0 Å². The molecule has 4 rings (SSSR count). The topological polar surface area (TPSA) is 133 Å². The van der Waals surface area contributed by atoms with E-state index in [0.717, 1.165) is 28.0 Å². The number of nitrogens with zero attached hydrogens (tertiary/aromatic N) is 2. The Kier molecular flexibility index (Phi) is 2.24. The molecule has 8 nitrogen and oxygen atoms in total. The van der Waals surface area contributed by atoms with Gasteiger partial charge in [0.2, 0.25) is 0 Å². The zero-order valence-corrected chi connectivity index (χ0v) is 11.0. The molecular weight excluding hydrogens is 268 g/mol. The van der Waals surface area contributed by atoms with E-state index >= 15 is 0 Å². The van der Waals surface area contributed by atoms with Crippen molar-refractivity contribution in [2.24, 2.45) is 16.5 Å². The third-order valence-electron chi connectivity index (χ3n) is 3.41. The molecule has 1 aromatic carbocycles. The van der Waals surface area contributed by atoms with E-state index in [4.69, 9.17) is 11.5 Å². The fourth-order valence-electron chi connectivity index (χ4n) is 2.45. The number of fused-ring (bicyclic) bond motifs is 2. The highest BCUT2D eigenvalue weighted by Crippen LogP contribution is 2.25. The lowest BCUT2D eigenvalue weighted by Crippen LogP contribution is -2.56. The number of rotatable bonds is 2. The second kappa shape index (κ2) is 4.00. The smallest absolute Gasteiger partial charge is 0.266 e. The molecule has 0 fully saturated rings. The summed E-state index contributed by atoms with van der Waals surface area (Å²) in [5.41, 5.74) is 14.7. The van der Waals surface area contributed by atoms with Gasteiger partial charge >= 0.3 is 0 Å². The first-order valence-corrected chi connectivity index (χ1v) is 6.44. The molecule has 0 saturated heterocycles. The van der Waals surface area contributed by atoms with E-state index in [-0.39, 0.29) is 0 Å².